The van der Waals surface area contributed by atoms with Crippen molar-refractivity contribution >= 4 is 17.5 Å². The Labute approximate surface area is 164 Å². The van der Waals surface area contributed by atoms with Crippen LogP contribution in [0.3, 0.4) is 0 Å². The summed E-state index contributed by atoms with van der Waals surface area (Å²) in [6.45, 7) is 6.94. The van der Waals surface area contributed by atoms with E-state index in [0.29, 0.717) is 39.5 Å². The maximum atomic E-state index is 12.3. The molecule has 1 aliphatic heterocycles. The van der Waals surface area contributed by atoms with Crippen LogP contribution in [-0.2, 0) is 9.57 Å². The summed E-state index contributed by atoms with van der Waals surface area (Å²) in [5.41, 5.74) is 1.30. The third kappa shape index (κ3) is 3.12. The molecule has 4 aliphatic rings. The molecule has 0 radical (unpaired) electrons. The lowest BCUT2D eigenvalue weighted by Crippen LogP contribution is -2.58. The van der Waals surface area contributed by atoms with Gasteiger partial charge in [0.2, 0.25) is 0 Å². The van der Waals surface area contributed by atoms with Crippen molar-refractivity contribution in [2.24, 2.45) is 23.2 Å². The fourth-order valence-electron chi connectivity index (χ4n) is 5.30. The molecule has 0 N–H and O–H groups in total. The van der Waals surface area contributed by atoms with E-state index in [9.17, 15) is 10.3 Å². The molecule has 144 valence electrons. The Morgan fingerprint density at radius 2 is 1.96 bits per heavy atom. The molecule has 0 amide bonds. The molecule has 5 nitrogen and oxygen atoms in total. The Hall–Kier alpha value is -1.68. The lowest BCUT2D eigenvalue weighted by Gasteiger charge is -2.61. The van der Waals surface area contributed by atoms with E-state index in [1.54, 1.807) is 12.1 Å². The van der Waals surface area contributed by atoms with Gasteiger partial charge in [0.05, 0.1) is 16.9 Å². The zero-order chi connectivity index (χ0) is 19.3. The fourth-order valence-corrected chi connectivity index (χ4v) is 5.43. The van der Waals surface area contributed by atoms with Gasteiger partial charge in [0, 0.05) is 11.4 Å². The molecular weight excluding hydrogens is 364 g/mol. The van der Waals surface area contributed by atoms with Crippen LogP contribution in [-0.4, -0.2) is 23.2 Å². The number of nitrogens with zero attached hydrogens (tertiary/aromatic N) is 2. The van der Waals surface area contributed by atoms with Gasteiger partial charge in [0.1, 0.15) is 0 Å². The van der Waals surface area contributed by atoms with E-state index in [1.165, 1.54) is 6.42 Å². The summed E-state index contributed by atoms with van der Waals surface area (Å²) in [7, 11) is 0. The summed E-state index contributed by atoms with van der Waals surface area (Å²) in [5.74, 6) is 3.40. The van der Waals surface area contributed by atoms with Crippen LogP contribution < -0.4 is 0 Å². The average Bonchev–Trinajstić information content (AvgIpc) is 2.63. The van der Waals surface area contributed by atoms with Crippen molar-refractivity contribution < 1.29 is 14.5 Å². The van der Waals surface area contributed by atoms with Crippen LogP contribution in [0.25, 0.3) is 5.41 Å². The van der Waals surface area contributed by atoms with Crippen molar-refractivity contribution in [2.45, 2.75) is 58.3 Å². The molecule has 3 saturated carbocycles. The molecule has 1 saturated heterocycles. The maximum absolute atomic E-state index is 12.3. The summed E-state index contributed by atoms with van der Waals surface area (Å²) in [5, 5.41) is 10.0. The highest BCUT2D eigenvalue weighted by molar-refractivity contribution is 6.30. The predicted molar refractivity (Wildman–Crippen MR) is 103 cm³/mol. The second-order valence-corrected chi connectivity index (χ2v) is 9.20. The summed E-state index contributed by atoms with van der Waals surface area (Å²) >= 11 is 5.97. The van der Waals surface area contributed by atoms with Gasteiger partial charge in [-0.25, -0.2) is 0 Å². The zero-order valence-corrected chi connectivity index (χ0v) is 16.6. The zero-order valence-electron chi connectivity index (χ0n) is 15.9. The molecule has 1 aromatic rings. The van der Waals surface area contributed by atoms with E-state index in [-0.39, 0.29) is 17.7 Å². The Bertz CT molecular complexity index is 800. The topological polar surface area (TPSA) is 60.8 Å². The van der Waals surface area contributed by atoms with Gasteiger partial charge >= 0.3 is 5.70 Å². The van der Waals surface area contributed by atoms with Crippen molar-refractivity contribution in [3.05, 3.63) is 50.9 Å². The molecule has 2 bridgehead atoms. The Morgan fingerprint density at radius 3 is 2.56 bits per heavy atom. The van der Waals surface area contributed by atoms with E-state index in [2.05, 4.69) is 20.8 Å². The molecule has 0 spiro atoms. The number of halogens is 1. The van der Waals surface area contributed by atoms with Crippen LogP contribution in [0.2, 0.25) is 5.02 Å². The largest absolute Gasteiger partial charge is 0.758 e. The first-order valence-corrected chi connectivity index (χ1v) is 10.0. The number of hydrogen-bond donors (Lipinski definition) is 0. The van der Waals surface area contributed by atoms with Crippen LogP contribution in [0.1, 0.15) is 51.5 Å². The molecule has 5 rings (SSSR count). The van der Waals surface area contributed by atoms with Crippen LogP contribution >= 0.6 is 11.6 Å². The summed E-state index contributed by atoms with van der Waals surface area (Å²) in [6, 6.07) is 7.24. The van der Waals surface area contributed by atoms with Gasteiger partial charge in [0.25, 0.3) is 11.2 Å². The smallest absolute Gasteiger partial charge is 0.320 e. The number of ether oxygens (including phenoxy) is 1. The van der Waals surface area contributed by atoms with Crippen LogP contribution in [0.4, 0.5) is 0 Å². The molecule has 1 aromatic carbocycles. The number of hydrogen-bond acceptors (Lipinski definition) is 3. The number of allylic oxidation sites excluding steroid dienone is 1. The highest BCUT2D eigenvalue weighted by Crippen LogP contribution is 2.62. The number of benzene rings is 1. The van der Waals surface area contributed by atoms with Gasteiger partial charge in [-0.05, 0) is 53.7 Å². The highest BCUT2D eigenvalue weighted by Gasteiger charge is 2.57. The fraction of sp³-hybridized carbons (Fsp3) is 0.619. The van der Waals surface area contributed by atoms with Gasteiger partial charge in [-0.15, -0.1) is 0 Å². The first-order valence-electron chi connectivity index (χ1n) is 9.63. The second kappa shape index (κ2) is 6.73. The van der Waals surface area contributed by atoms with Gasteiger partial charge in [0.15, 0.2) is 0 Å². The van der Waals surface area contributed by atoms with E-state index in [1.807, 2.05) is 18.0 Å². The second-order valence-electron chi connectivity index (χ2n) is 8.76. The molecule has 4 fully saturated rings. The molecule has 27 heavy (non-hydrogen) atoms. The molecule has 3 aliphatic carbocycles. The van der Waals surface area contributed by atoms with Crippen molar-refractivity contribution in [2.75, 3.05) is 0 Å². The number of fused-ring (bicyclic) bond motifs is 2. The van der Waals surface area contributed by atoms with Crippen molar-refractivity contribution in [1.29, 1.82) is 0 Å². The quantitative estimate of drug-likeness (QED) is 0.679. The normalized spacial score (nSPS) is 37.2. The predicted octanol–water partition coefficient (Wildman–Crippen LogP) is 5.07. The van der Waals surface area contributed by atoms with E-state index in [0.717, 1.165) is 12.0 Å². The van der Waals surface area contributed by atoms with E-state index in [4.69, 9.17) is 21.2 Å². The monoisotopic (exact) mass is 388 g/mol. The molecule has 1 heterocycles. The van der Waals surface area contributed by atoms with Crippen LogP contribution in [0, 0.1) is 28.1 Å². The maximum Gasteiger partial charge on any atom is 0.320 e. The SMILES string of the molecule is C[C@@H]1[C@H]2C[C@@H](C[C@H]1O[C@H]1C[C@@H](c3ccc(Cl)cc3)C(=C=[N-])[N+](=O)O1)C2(C)C. The van der Waals surface area contributed by atoms with Gasteiger partial charge in [-0.2, -0.15) is 10.7 Å². The van der Waals surface area contributed by atoms with E-state index < -0.39 is 6.29 Å². The highest BCUT2D eigenvalue weighted by atomic mass is 35.5. The lowest BCUT2D eigenvalue weighted by atomic mass is 9.45. The molecular formula is C21H25ClN2O3. The lowest BCUT2D eigenvalue weighted by molar-refractivity contribution is -0.801. The average molecular weight is 389 g/mol. The Kier molecular flexibility index (Phi) is 4.66. The van der Waals surface area contributed by atoms with Crippen molar-refractivity contribution in [1.82, 2.24) is 0 Å². The molecule has 0 aromatic heterocycles. The van der Waals surface area contributed by atoms with Gasteiger partial charge in [-0.3, -0.25) is 0 Å². The minimum Gasteiger partial charge on any atom is -0.758 e. The molecule has 0 unspecified atom stereocenters. The third-order valence-electron chi connectivity index (χ3n) is 7.17. The van der Waals surface area contributed by atoms with Gasteiger partial charge < -0.3 is 10.1 Å². The first kappa shape index (κ1) is 18.7. The van der Waals surface area contributed by atoms with Crippen molar-refractivity contribution in [3.63, 3.8) is 0 Å². The standard InChI is InChI=1S/C21H25ClN2O3/c1-12-17-8-14(21(17,2)3)9-19(12)26-20-10-16(18(11-23)24(25)27-20)13-4-6-15(22)7-5-13/h4-7,12,14,16-17,19-20H,8-10H2,1-3H3/t12-,14+,16+,17-,19-,20-/m1/s1. The summed E-state index contributed by atoms with van der Waals surface area (Å²) in [4.78, 5) is 18.0. The van der Waals surface area contributed by atoms with Crippen LogP contribution in [0.15, 0.2) is 30.0 Å². The summed E-state index contributed by atoms with van der Waals surface area (Å²) in [6.07, 6.45) is 2.17. The first-order chi connectivity index (χ1) is 12.8. The minimum absolute atomic E-state index is 0.0536. The third-order valence-corrected chi connectivity index (χ3v) is 7.42. The van der Waals surface area contributed by atoms with E-state index >= 15 is 0 Å². The summed E-state index contributed by atoms with van der Waals surface area (Å²) < 4.78 is 6.26. The van der Waals surface area contributed by atoms with Crippen molar-refractivity contribution in [3.8, 4) is 0 Å². The van der Waals surface area contributed by atoms with Gasteiger partial charge in [-0.1, -0.05) is 44.5 Å². The molecule has 6 atom stereocenters. The van der Waals surface area contributed by atoms with Crippen LogP contribution in [0.5, 0.6) is 0 Å². The minimum atomic E-state index is -0.645. The number of rotatable bonds is 3. The Balaban J connectivity index is 1.50. The Morgan fingerprint density at radius 1 is 1.26 bits per heavy atom. The molecule has 6 heteroatoms.